The molecule has 0 spiro atoms. The average Bonchev–Trinajstić information content (AvgIpc) is 3.04. The van der Waals surface area contributed by atoms with E-state index in [1.165, 1.54) is 0 Å². The average molecular weight is 288 g/mol. The highest BCUT2D eigenvalue weighted by atomic mass is 16.3. The van der Waals surface area contributed by atoms with Crippen molar-refractivity contribution >= 4 is 5.91 Å². The zero-order valence-electron chi connectivity index (χ0n) is 12.0. The second-order valence-corrected chi connectivity index (χ2v) is 4.85. The maximum absolute atomic E-state index is 11.9. The highest BCUT2D eigenvalue weighted by Crippen LogP contribution is 2.10. The first-order chi connectivity index (χ1) is 10.2. The van der Waals surface area contributed by atoms with Gasteiger partial charge in [-0.2, -0.15) is 0 Å². The van der Waals surface area contributed by atoms with E-state index in [0.29, 0.717) is 18.8 Å². The lowest BCUT2D eigenvalue weighted by Gasteiger charge is -2.17. The zero-order valence-corrected chi connectivity index (χ0v) is 12.0. The van der Waals surface area contributed by atoms with Gasteiger partial charge in [-0.15, -0.1) is 0 Å². The highest BCUT2D eigenvalue weighted by molar-refractivity contribution is 5.81. The van der Waals surface area contributed by atoms with Gasteiger partial charge in [0.25, 0.3) is 0 Å². The summed E-state index contributed by atoms with van der Waals surface area (Å²) in [7, 11) is 0. The molecule has 2 rings (SSSR count). The van der Waals surface area contributed by atoms with Crippen LogP contribution < -0.4 is 10.6 Å². The quantitative estimate of drug-likeness (QED) is 0.723. The molecule has 0 aliphatic heterocycles. The molecule has 1 aromatic carbocycles. The lowest BCUT2D eigenvalue weighted by Crippen LogP contribution is -2.43. The molecule has 5 heteroatoms. The summed E-state index contributed by atoms with van der Waals surface area (Å²) >= 11 is 0. The summed E-state index contributed by atoms with van der Waals surface area (Å²) in [5, 5.41) is 15.8. The lowest BCUT2D eigenvalue weighted by atomic mass is 10.1. The number of carbonyl (C=O) groups excluding carboxylic acids is 1. The largest absolute Gasteiger partial charge is 0.467 e. The van der Waals surface area contributed by atoms with Gasteiger partial charge in [-0.3, -0.25) is 4.79 Å². The predicted octanol–water partition coefficient (Wildman–Crippen LogP) is 1.61. The Bertz CT molecular complexity index is 540. The Morgan fingerprint density at radius 3 is 2.67 bits per heavy atom. The summed E-state index contributed by atoms with van der Waals surface area (Å²) in [6.45, 7) is 2.44. The maximum Gasteiger partial charge on any atom is 0.237 e. The van der Waals surface area contributed by atoms with Gasteiger partial charge in [0.2, 0.25) is 5.91 Å². The Labute approximate surface area is 124 Å². The van der Waals surface area contributed by atoms with Gasteiger partial charge in [-0.25, -0.2) is 0 Å². The molecule has 1 heterocycles. The van der Waals surface area contributed by atoms with Crippen molar-refractivity contribution in [1.29, 1.82) is 0 Å². The second kappa shape index (κ2) is 7.61. The molecule has 2 unspecified atom stereocenters. The summed E-state index contributed by atoms with van der Waals surface area (Å²) in [5.74, 6) is 0.575. The summed E-state index contributed by atoms with van der Waals surface area (Å²) in [6.07, 6.45) is 0.936. The minimum absolute atomic E-state index is 0.133. The molecule has 1 amide bonds. The fourth-order valence-electron chi connectivity index (χ4n) is 1.91. The van der Waals surface area contributed by atoms with Crippen LogP contribution in [0.15, 0.2) is 53.1 Å². The van der Waals surface area contributed by atoms with Crippen LogP contribution >= 0.6 is 0 Å². The molecular weight excluding hydrogens is 268 g/mol. The van der Waals surface area contributed by atoms with E-state index in [9.17, 15) is 9.90 Å². The molecule has 112 valence electrons. The predicted molar refractivity (Wildman–Crippen MR) is 79.4 cm³/mol. The van der Waals surface area contributed by atoms with Crippen LogP contribution in [0.4, 0.5) is 0 Å². The van der Waals surface area contributed by atoms with Crippen molar-refractivity contribution in [3.8, 4) is 0 Å². The Hall–Kier alpha value is -2.11. The molecule has 0 bridgehead atoms. The van der Waals surface area contributed by atoms with Crippen LogP contribution in [0.1, 0.15) is 24.4 Å². The van der Waals surface area contributed by atoms with Crippen LogP contribution in [0.2, 0.25) is 0 Å². The van der Waals surface area contributed by atoms with E-state index in [0.717, 1.165) is 5.56 Å². The molecule has 2 aromatic rings. The fraction of sp³-hybridized carbons (Fsp3) is 0.312. The van der Waals surface area contributed by atoms with Crippen LogP contribution in [0.5, 0.6) is 0 Å². The summed E-state index contributed by atoms with van der Waals surface area (Å²) in [6, 6.07) is 12.5. The molecular formula is C16H20N2O3. The van der Waals surface area contributed by atoms with Crippen LogP contribution in [0.3, 0.4) is 0 Å². The Morgan fingerprint density at radius 1 is 1.24 bits per heavy atom. The van der Waals surface area contributed by atoms with Crippen molar-refractivity contribution in [2.75, 3.05) is 6.54 Å². The number of aliphatic hydroxyl groups is 1. The van der Waals surface area contributed by atoms with E-state index >= 15 is 0 Å². The van der Waals surface area contributed by atoms with Crippen molar-refractivity contribution in [3.05, 3.63) is 60.1 Å². The Morgan fingerprint density at radius 2 is 2.00 bits per heavy atom. The maximum atomic E-state index is 11.9. The number of furan rings is 1. The van der Waals surface area contributed by atoms with Gasteiger partial charge in [0.1, 0.15) is 5.76 Å². The third-order valence-electron chi connectivity index (χ3n) is 3.21. The van der Waals surface area contributed by atoms with E-state index in [1.807, 2.05) is 30.3 Å². The summed E-state index contributed by atoms with van der Waals surface area (Å²) in [4.78, 5) is 11.9. The third kappa shape index (κ3) is 4.73. The first-order valence-corrected chi connectivity index (χ1v) is 6.93. The molecule has 3 N–H and O–H groups in total. The second-order valence-electron chi connectivity index (χ2n) is 4.85. The number of aliphatic hydroxyl groups excluding tert-OH is 1. The molecule has 0 radical (unpaired) electrons. The molecule has 2 atom stereocenters. The molecule has 1 aromatic heterocycles. The summed E-state index contributed by atoms with van der Waals surface area (Å²) < 4.78 is 5.14. The van der Waals surface area contributed by atoms with Crippen LogP contribution in [0.25, 0.3) is 0 Å². The third-order valence-corrected chi connectivity index (χ3v) is 3.21. The fourth-order valence-corrected chi connectivity index (χ4v) is 1.91. The van der Waals surface area contributed by atoms with Crippen LogP contribution in [0, 0.1) is 0 Å². The van der Waals surface area contributed by atoms with Gasteiger partial charge in [0, 0.05) is 6.54 Å². The van der Waals surface area contributed by atoms with Crippen molar-refractivity contribution in [3.63, 3.8) is 0 Å². The van der Waals surface area contributed by atoms with Gasteiger partial charge >= 0.3 is 0 Å². The van der Waals surface area contributed by atoms with Crippen molar-refractivity contribution in [1.82, 2.24) is 10.6 Å². The first-order valence-electron chi connectivity index (χ1n) is 6.93. The van der Waals surface area contributed by atoms with Crippen molar-refractivity contribution in [2.24, 2.45) is 0 Å². The number of rotatable bonds is 7. The molecule has 0 fully saturated rings. The number of carbonyl (C=O) groups is 1. The van der Waals surface area contributed by atoms with E-state index in [2.05, 4.69) is 10.6 Å². The van der Waals surface area contributed by atoms with E-state index in [-0.39, 0.29) is 5.91 Å². The number of nitrogens with one attached hydrogen (secondary N) is 2. The van der Waals surface area contributed by atoms with Gasteiger partial charge in [0.05, 0.1) is 25.0 Å². The van der Waals surface area contributed by atoms with Gasteiger partial charge in [0.15, 0.2) is 0 Å². The zero-order chi connectivity index (χ0) is 15.1. The number of hydrogen-bond donors (Lipinski definition) is 3. The van der Waals surface area contributed by atoms with E-state index in [4.69, 9.17) is 4.42 Å². The normalized spacial score (nSPS) is 13.6. The minimum Gasteiger partial charge on any atom is -0.467 e. The smallest absolute Gasteiger partial charge is 0.237 e. The molecule has 0 saturated carbocycles. The van der Waals surface area contributed by atoms with Crippen molar-refractivity contribution < 1.29 is 14.3 Å². The van der Waals surface area contributed by atoms with Gasteiger partial charge in [-0.1, -0.05) is 30.3 Å². The Balaban J connectivity index is 1.73. The monoisotopic (exact) mass is 288 g/mol. The van der Waals surface area contributed by atoms with Gasteiger partial charge in [-0.05, 0) is 24.6 Å². The van der Waals surface area contributed by atoms with E-state index < -0.39 is 12.1 Å². The molecule has 0 aliphatic rings. The first kappa shape index (κ1) is 15.3. The highest BCUT2D eigenvalue weighted by Gasteiger charge is 2.14. The molecule has 5 nitrogen and oxygen atoms in total. The topological polar surface area (TPSA) is 74.5 Å². The molecule has 21 heavy (non-hydrogen) atoms. The Kier molecular flexibility index (Phi) is 5.54. The number of benzene rings is 1. The van der Waals surface area contributed by atoms with E-state index in [1.54, 1.807) is 25.3 Å². The SMILES string of the molecule is CC(NCC(O)c1ccccc1)C(=O)NCc1ccco1. The summed E-state index contributed by atoms with van der Waals surface area (Å²) in [5.41, 5.74) is 0.827. The molecule has 0 aliphatic carbocycles. The van der Waals surface area contributed by atoms with Gasteiger partial charge < -0.3 is 20.2 Å². The number of amides is 1. The number of hydrogen-bond acceptors (Lipinski definition) is 4. The van der Waals surface area contributed by atoms with Crippen LogP contribution in [-0.2, 0) is 11.3 Å². The molecule has 0 saturated heterocycles. The van der Waals surface area contributed by atoms with Crippen LogP contribution in [-0.4, -0.2) is 23.6 Å². The van der Waals surface area contributed by atoms with Crippen molar-refractivity contribution in [2.45, 2.75) is 25.6 Å². The standard InChI is InChI=1S/C16H20N2O3/c1-12(16(20)18-10-14-8-5-9-21-14)17-11-15(19)13-6-3-2-4-7-13/h2-9,12,15,17,19H,10-11H2,1H3,(H,18,20). The minimum atomic E-state index is -0.633. The lowest BCUT2D eigenvalue weighted by molar-refractivity contribution is -0.123.